The third-order valence-corrected chi connectivity index (χ3v) is 3.13. The molecule has 2 nitrogen and oxygen atoms in total. The van der Waals surface area contributed by atoms with Crippen molar-refractivity contribution in [3.8, 4) is 6.07 Å². The average Bonchev–Trinajstić information content (AvgIpc) is 2.41. The van der Waals surface area contributed by atoms with E-state index in [0.717, 1.165) is 5.56 Å². The third kappa shape index (κ3) is 3.37. The number of rotatable bonds is 3. The van der Waals surface area contributed by atoms with E-state index in [1.54, 1.807) is 30.3 Å². The molecule has 2 rings (SSSR count). The molecule has 2 aromatic carbocycles. The zero-order chi connectivity index (χ0) is 13.8. The van der Waals surface area contributed by atoms with Crippen LogP contribution >= 0.6 is 23.2 Å². The maximum Gasteiger partial charge on any atom is 0.140 e. The molecule has 96 valence electrons. The van der Waals surface area contributed by atoms with Crippen LogP contribution in [0.5, 0.6) is 0 Å². The number of nitrogens with zero attached hydrogens (tertiary/aromatic N) is 1. The first-order valence-corrected chi connectivity index (χ1v) is 6.23. The van der Waals surface area contributed by atoms with E-state index in [1.165, 1.54) is 12.1 Å². The minimum Gasteiger partial charge on any atom is -0.380 e. The van der Waals surface area contributed by atoms with Crippen molar-refractivity contribution >= 4 is 28.9 Å². The van der Waals surface area contributed by atoms with Gasteiger partial charge in [-0.1, -0.05) is 29.3 Å². The first kappa shape index (κ1) is 13.7. The molecule has 2 aromatic rings. The van der Waals surface area contributed by atoms with Crippen molar-refractivity contribution in [1.82, 2.24) is 0 Å². The Morgan fingerprint density at radius 2 is 1.95 bits per heavy atom. The summed E-state index contributed by atoms with van der Waals surface area (Å²) in [5.41, 5.74) is 1.50. The van der Waals surface area contributed by atoms with Gasteiger partial charge in [-0.05, 0) is 35.9 Å². The lowest BCUT2D eigenvalue weighted by atomic mass is 10.1. The summed E-state index contributed by atoms with van der Waals surface area (Å²) in [5, 5.41) is 13.0. The number of benzene rings is 2. The monoisotopic (exact) mass is 294 g/mol. The topological polar surface area (TPSA) is 35.8 Å². The molecule has 0 radical (unpaired) electrons. The van der Waals surface area contributed by atoms with Gasteiger partial charge in [0.2, 0.25) is 0 Å². The van der Waals surface area contributed by atoms with Crippen LogP contribution in [0.2, 0.25) is 10.0 Å². The first-order chi connectivity index (χ1) is 9.10. The van der Waals surface area contributed by atoms with Crippen LogP contribution in [0.4, 0.5) is 10.1 Å². The Morgan fingerprint density at radius 3 is 2.68 bits per heavy atom. The highest BCUT2D eigenvalue weighted by molar-refractivity contribution is 6.35. The van der Waals surface area contributed by atoms with Crippen molar-refractivity contribution in [2.45, 2.75) is 6.54 Å². The summed E-state index contributed by atoms with van der Waals surface area (Å²) >= 11 is 11.9. The summed E-state index contributed by atoms with van der Waals surface area (Å²) in [7, 11) is 0. The normalized spacial score (nSPS) is 10.0. The quantitative estimate of drug-likeness (QED) is 0.897. The predicted octanol–water partition coefficient (Wildman–Crippen LogP) is 4.62. The number of halogens is 3. The Balaban J connectivity index is 2.15. The highest BCUT2D eigenvalue weighted by atomic mass is 35.5. The standard InChI is InChI=1S/C14H9Cl2FN2/c15-11-2-3-12(16)14(6-11)19-8-9-1-4-13(17)10(5-9)7-18/h1-6,19H,8H2. The van der Waals surface area contributed by atoms with E-state index in [4.69, 9.17) is 28.5 Å². The second-order valence-electron chi connectivity index (χ2n) is 3.90. The second-order valence-corrected chi connectivity index (χ2v) is 4.75. The molecule has 0 bridgehead atoms. The maximum absolute atomic E-state index is 13.2. The van der Waals surface area contributed by atoms with Gasteiger partial charge < -0.3 is 5.32 Å². The van der Waals surface area contributed by atoms with Crippen LogP contribution in [-0.2, 0) is 6.54 Å². The van der Waals surface area contributed by atoms with Crippen molar-refractivity contribution in [1.29, 1.82) is 5.26 Å². The fourth-order valence-electron chi connectivity index (χ4n) is 1.60. The molecule has 5 heteroatoms. The van der Waals surface area contributed by atoms with E-state index in [9.17, 15) is 4.39 Å². The molecule has 0 atom stereocenters. The molecule has 0 aromatic heterocycles. The van der Waals surface area contributed by atoms with E-state index in [0.29, 0.717) is 22.3 Å². The third-order valence-electron chi connectivity index (χ3n) is 2.56. The smallest absolute Gasteiger partial charge is 0.140 e. The van der Waals surface area contributed by atoms with Gasteiger partial charge in [-0.25, -0.2) is 4.39 Å². The number of nitrogens with one attached hydrogen (secondary N) is 1. The zero-order valence-electron chi connectivity index (χ0n) is 9.75. The van der Waals surface area contributed by atoms with Gasteiger partial charge in [-0.2, -0.15) is 5.26 Å². The van der Waals surface area contributed by atoms with Crippen molar-refractivity contribution in [3.63, 3.8) is 0 Å². The van der Waals surface area contributed by atoms with Gasteiger partial charge in [-0.3, -0.25) is 0 Å². The van der Waals surface area contributed by atoms with Gasteiger partial charge in [0, 0.05) is 11.6 Å². The van der Waals surface area contributed by atoms with Gasteiger partial charge in [0.1, 0.15) is 11.9 Å². The Labute approximate surface area is 120 Å². The van der Waals surface area contributed by atoms with Crippen molar-refractivity contribution in [2.24, 2.45) is 0 Å². The zero-order valence-corrected chi connectivity index (χ0v) is 11.3. The molecular formula is C14H9Cl2FN2. The molecule has 0 heterocycles. The van der Waals surface area contributed by atoms with E-state index in [1.807, 2.05) is 0 Å². The summed E-state index contributed by atoms with van der Waals surface area (Å²) in [6, 6.07) is 11.3. The average molecular weight is 295 g/mol. The van der Waals surface area contributed by atoms with Crippen LogP contribution < -0.4 is 5.32 Å². The molecule has 0 unspecified atom stereocenters. The number of hydrogen-bond acceptors (Lipinski definition) is 2. The Bertz CT molecular complexity index is 650. The molecule has 0 fully saturated rings. The largest absolute Gasteiger partial charge is 0.380 e. The Morgan fingerprint density at radius 1 is 1.16 bits per heavy atom. The Kier molecular flexibility index (Phi) is 4.26. The molecule has 19 heavy (non-hydrogen) atoms. The number of anilines is 1. The molecule has 0 aliphatic rings. The van der Waals surface area contributed by atoms with Crippen LogP contribution in [0.25, 0.3) is 0 Å². The SMILES string of the molecule is N#Cc1cc(CNc2cc(Cl)ccc2Cl)ccc1F. The summed E-state index contributed by atoms with van der Waals surface area (Å²) in [4.78, 5) is 0. The number of nitriles is 1. The Hall–Kier alpha value is -1.76. The van der Waals surface area contributed by atoms with Gasteiger partial charge in [-0.15, -0.1) is 0 Å². The predicted molar refractivity (Wildman–Crippen MR) is 74.9 cm³/mol. The minimum atomic E-state index is -0.521. The summed E-state index contributed by atoms with van der Waals surface area (Å²) in [6.45, 7) is 0.426. The van der Waals surface area contributed by atoms with Crippen LogP contribution in [0.15, 0.2) is 36.4 Å². The van der Waals surface area contributed by atoms with E-state index in [-0.39, 0.29) is 5.56 Å². The van der Waals surface area contributed by atoms with Crippen LogP contribution in [0.3, 0.4) is 0 Å². The molecule has 1 N–H and O–H groups in total. The first-order valence-electron chi connectivity index (χ1n) is 5.47. The molecule has 0 saturated heterocycles. The van der Waals surface area contributed by atoms with Crippen LogP contribution in [-0.4, -0.2) is 0 Å². The van der Waals surface area contributed by atoms with Crippen LogP contribution in [0, 0.1) is 17.1 Å². The fraction of sp³-hybridized carbons (Fsp3) is 0.0714. The summed E-state index contributed by atoms with van der Waals surface area (Å²) in [5.74, 6) is -0.521. The van der Waals surface area contributed by atoms with E-state index >= 15 is 0 Å². The van der Waals surface area contributed by atoms with E-state index in [2.05, 4.69) is 5.32 Å². The second kappa shape index (κ2) is 5.92. The van der Waals surface area contributed by atoms with Crippen molar-refractivity contribution in [3.05, 3.63) is 63.4 Å². The number of hydrogen-bond donors (Lipinski definition) is 1. The minimum absolute atomic E-state index is 0.0245. The molecule has 0 spiro atoms. The van der Waals surface area contributed by atoms with Gasteiger partial charge in [0.05, 0.1) is 16.3 Å². The lowest BCUT2D eigenvalue weighted by Gasteiger charge is -2.09. The lowest BCUT2D eigenvalue weighted by molar-refractivity contribution is 0.623. The molecule has 0 amide bonds. The lowest BCUT2D eigenvalue weighted by Crippen LogP contribution is -2.01. The van der Waals surface area contributed by atoms with Gasteiger partial charge in [0.25, 0.3) is 0 Å². The highest BCUT2D eigenvalue weighted by Gasteiger charge is 2.04. The molecule has 0 aliphatic heterocycles. The van der Waals surface area contributed by atoms with Crippen LogP contribution in [0.1, 0.15) is 11.1 Å². The van der Waals surface area contributed by atoms with Crippen molar-refractivity contribution < 1.29 is 4.39 Å². The summed E-state index contributed by atoms with van der Waals surface area (Å²) in [6.07, 6.45) is 0. The molecule has 0 saturated carbocycles. The molecule has 0 aliphatic carbocycles. The fourth-order valence-corrected chi connectivity index (χ4v) is 1.95. The van der Waals surface area contributed by atoms with Crippen molar-refractivity contribution in [2.75, 3.05) is 5.32 Å². The van der Waals surface area contributed by atoms with E-state index < -0.39 is 5.82 Å². The maximum atomic E-state index is 13.2. The van der Waals surface area contributed by atoms with Gasteiger partial charge >= 0.3 is 0 Å². The highest BCUT2D eigenvalue weighted by Crippen LogP contribution is 2.26. The molecular weight excluding hydrogens is 286 g/mol. The summed E-state index contributed by atoms with van der Waals surface area (Å²) < 4.78 is 13.2. The van der Waals surface area contributed by atoms with Gasteiger partial charge in [0.15, 0.2) is 0 Å².